The number of hydrogen-bond acceptors (Lipinski definition) is 4. The Morgan fingerprint density at radius 2 is 1.92 bits per heavy atom. The molecule has 2 aromatic carbocycles. The van der Waals surface area contributed by atoms with Gasteiger partial charge in [0.25, 0.3) is 0 Å². The van der Waals surface area contributed by atoms with Crippen LogP contribution in [-0.4, -0.2) is 13.1 Å². The summed E-state index contributed by atoms with van der Waals surface area (Å²) in [7, 11) is 1.33. The first kappa shape index (κ1) is 19.4. The molecule has 0 spiro atoms. The summed E-state index contributed by atoms with van der Waals surface area (Å²) in [5.74, 6) is 0.0572. The van der Waals surface area contributed by atoms with Crippen molar-refractivity contribution in [3.05, 3.63) is 61.2 Å². The van der Waals surface area contributed by atoms with Crippen LogP contribution in [0.5, 0.6) is 5.75 Å². The summed E-state index contributed by atoms with van der Waals surface area (Å²) in [6.07, 6.45) is 1.59. The molecule has 0 atom stereocenters. The van der Waals surface area contributed by atoms with E-state index in [1.807, 2.05) is 0 Å². The van der Waals surface area contributed by atoms with Crippen LogP contribution in [-0.2, 0) is 22.6 Å². The van der Waals surface area contributed by atoms with Crippen LogP contribution >= 0.6 is 50.7 Å². The molecular formula is C18H12BrCl3O4. The van der Waals surface area contributed by atoms with Gasteiger partial charge in [0, 0.05) is 26.6 Å². The number of furan rings is 1. The average Bonchev–Trinajstić information content (AvgIpc) is 2.99. The second-order valence-electron chi connectivity index (χ2n) is 5.42. The third-order valence-corrected chi connectivity index (χ3v) is 5.33. The molecule has 0 fully saturated rings. The lowest BCUT2D eigenvalue weighted by Crippen LogP contribution is -2.03. The maximum Gasteiger partial charge on any atom is 0.310 e. The molecule has 0 unspecified atom stereocenters. The van der Waals surface area contributed by atoms with Crippen LogP contribution in [0.3, 0.4) is 0 Å². The third-order valence-electron chi connectivity index (χ3n) is 3.75. The Morgan fingerprint density at radius 1 is 1.15 bits per heavy atom. The van der Waals surface area contributed by atoms with Crippen molar-refractivity contribution >= 4 is 67.7 Å². The molecule has 136 valence electrons. The van der Waals surface area contributed by atoms with Crippen molar-refractivity contribution in [2.45, 2.75) is 13.0 Å². The highest BCUT2D eigenvalue weighted by molar-refractivity contribution is 9.10. The Kier molecular flexibility index (Phi) is 6.03. The van der Waals surface area contributed by atoms with Crippen molar-refractivity contribution in [3.8, 4) is 5.75 Å². The van der Waals surface area contributed by atoms with Crippen LogP contribution in [0.15, 0.2) is 39.4 Å². The van der Waals surface area contributed by atoms with Gasteiger partial charge in [-0.15, -0.1) is 0 Å². The minimum Gasteiger partial charge on any atom is -0.486 e. The zero-order chi connectivity index (χ0) is 18.8. The summed E-state index contributed by atoms with van der Waals surface area (Å²) < 4.78 is 16.7. The molecule has 0 saturated carbocycles. The first-order valence-corrected chi connectivity index (χ1v) is 9.35. The highest BCUT2D eigenvalue weighted by Crippen LogP contribution is 2.42. The molecule has 3 rings (SSSR count). The molecule has 0 aliphatic carbocycles. The zero-order valence-electron chi connectivity index (χ0n) is 13.4. The van der Waals surface area contributed by atoms with Gasteiger partial charge in [-0.3, -0.25) is 4.79 Å². The Labute approximate surface area is 173 Å². The molecule has 1 aromatic heterocycles. The number of esters is 1. The Bertz CT molecular complexity index is 984. The van der Waals surface area contributed by atoms with Crippen molar-refractivity contribution in [3.63, 3.8) is 0 Å². The van der Waals surface area contributed by atoms with Gasteiger partial charge in [-0.25, -0.2) is 0 Å². The van der Waals surface area contributed by atoms with E-state index in [1.165, 1.54) is 13.4 Å². The van der Waals surface area contributed by atoms with E-state index in [0.29, 0.717) is 41.8 Å². The first-order valence-electron chi connectivity index (χ1n) is 7.42. The van der Waals surface area contributed by atoms with Crippen LogP contribution in [0.25, 0.3) is 11.0 Å². The smallest absolute Gasteiger partial charge is 0.310 e. The summed E-state index contributed by atoms with van der Waals surface area (Å²) >= 11 is 21.9. The van der Waals surface area contributed by atoms with E-state index in [-0.39, 0.29) is 19.0 Å². The molecule has 3 aromatic rings. The van der Waals surface area contributed by atoms with Gasteiger partial charge >= 0.3 is 5.97 Å². The average molecular weight is 479 g/mol. The van der Waals surface area contributed by atoms with Crippen molar-refractivity contribution < 1.29 is 18.7 Å². The Hall–Kier alpha value is -1.40. The van der Waals surface area contributed by atoms with Gasteiger partial charge in [0.15, 0.2) is 11.3 Å². The Balaban J connectivity index is 1.90. The quantitative estimate of drug-likeness (QED) is 0.396. The standard InChI is InChI=1S/C18H12BrCl3O4/c1-24-15(23)4-10-8-25-17-12(10)6-14(22)18(16(17)19)26-7-9-2-3-11(20)5-13(9)21/h2-3,5-6,8H,4,7H2,1H3. The second kappa shape index (κ2) is 8.09. The van der Waals surface area contributed by atoms with Gasteiger partial charge in [-0.2, -0.15) is 0 Å². The number of carbonyl (C=O) groups is 1. The molecule has 8 heteroatoms. The van der Waals surface area contributed by atoms with Gasteiger partial charge < -0.3 is 13.9 Å². The van der Waals surface area contributed by atoms with Crippen LogP contribution in [0.4, 0.5) is 0 Å². The molecule has 0 aliphatic heterocycles. The van der Waals surface area contributed by atoms with E-state index in [9.17, 15) is 4.79 Å². The SMILES string of the molecule is COC(=O)Cc1coc2c(Br)c(OCc3ccc(Cl)cc3Cl)c(Cl)cc12. The lowest BCUT2D eigenvalue weighted by Gasteiger charge is -2.12. The van der Waals surface area contributed by atoms with Gasteiger partial charge in [0.2, 0.25) is 0 Å². The summed E-state index contributed by atoms with van der Waals surface area (Å²) in [5, 5.41) is 2.14. The van der Waals surface area contributed by atoms with Gasteiger partial charge in [0.05, 0.1) is 24.8 Å². The molecule has 0 amide bonds. The van der Waals surface area contributed by atoms with Crippen LogP contribution in [0, 0.1) is 0 Å². The van der Waals surface area contributed by atoms with E-state index in [0.717, 1.165) is 5.56 Å². The van der Waals surface area contributed by atoms with Crippen molar-refractivity contribution in [1.82, 2.24) is 0 Å². The molecule has 0 radical (unpaired) electrons. The predicted octanol–water partition coefficient (Wildman–Crippen LogP) is 6.45. The highest BCUT2D eigenvalue weighted by atomic mass is 79.9. The molecule has 0 N–H and O–H groups in total. The van der Waals surface area contributed by atoms with Gasteiger partial charge in [-0.1, -0.05) is 40.9 Å². The molecule has 0 saturated heterocycles. The number of ether oxygens (including phenoxy) is 2. The zero-order valence-corrected chi connectivity index (χ0v) is 17.3. The third kappa shape index (κ3) is 3.96. The minimum absolute atomic E-state index is 0.0901. The normalized spacial score (nSPS) is 11.0. The summed E-state index contributed by atoms with van der Waals surface area (Å²) in [4.78, 5) is 11.5. The van der Waals surface area contributed by atoms with Crippen LogP contribution in [0.2, 0.25) is 15.1 Å². The lowest BCUT2D eigenvalue weighted by molar-refractivity contribution is -0.139. The fourth-order valence-corrected chi connectivity index (χ4v) is 3.89. The first-order chi connectivity index (χ1) is 12.4. The monoisotopic (exact) mass is 476 g/mol. The number of carbonyl (C=O) groups excluding carboxylic acids is 1. The fourth-order valence-electron chi connectivity index (χ4n) is 2.42. The maximum atomic E-state index is 11.5. The molecule has 0 bridgehead atoms. The lowest BCUT2D eigenvalue weighted by atomic mass is 10.1. The van der Waals surface area contributed by atoms with E-state index in [4.69, 9.17) is 48.7 Å². The number of hydrogen-bond donors (Lipinski definition) is 0. The predicted molar refractivity (Wildman–Crippen MR) is 105 cm³/mol. The van der Waals surface area contributed by atoms with Crippen molar-refractivity contribution in [1.29, 1.82) is 0 Å². The van der Waals surface area contributed by atoms with E-state index >= 15 is 0 Å². The number of rotatable bonds is 5. The number of methoxy groups -OCH3 is 1. The van der Waals surface area contributed by atoms with Gasteiger partial charge in [-0.05, 0) is 34.1 Å². The topological polar surface area (TPSA) is 48.7 Å². The highest BCUT2D eigenvalue weighted by Gasteiger charge is 2.19. The molecule has 4 nitrogen and oxygen atoms in total. The molecule has 1 heterocycles. The summed E-state index contributed by atoms with van der Waals surface area (Å²) in [6.45, 7) is 0.204. The second-order valence-corrected chi connectivity index (χ2v) is 7.46. The molecule has 26 heavy (non-hydrogen) atoms. The van der Waals surface area contributed by atoms with Crippen LogP contribution < -0.4 is 4.74 Å². The number of benzene rings is 2. The van der Waals surface area contributed by atoms with Crippen LogP contribution in [0.1, 0.15) is 11.1 Å². The van der Waals surface area contributed by atoms with Gasteiger partial charge in [0.1, 0.15) is 11.1 Å². The van der Waals surface area contributed by atoms with E-state index in [1.54, 1.807) is 24.3 Å². The number of fused-ring (bicyclic) bond motifs is 1. The minimum atomic E-state index is -0.363. The molecule has 0 aliphatic rings. The molecular weight excluding hydrogens is 466 g/mol. The number of halogens is 4. The summed E-state index contributed by atoms with van der Waals surface area (Å²) in [6, 6.07) is 6.86. The van der Waals surface area contributed by atoms with Crippen molar-refractivity contribution in [2.24, 2.45) is 0 Å². The summed E-state index contributed by atoms with van der Waals surface area (Å²) in [5.41, 5.74) is 1.98. The van der Waals surface area contributed by atoms with Crippen molar-refractivity contribution in [2.75, 3.05) is 7.11 Å². The maximum absolute atomic E-state index is 11.5. The van der Waals surface area contributed by atoms with E-state index < -0.39 is 0 Å². The fraction of sp³-hybridized carbons (Fsp3) is 0.167. The largest absolute Gasteiger partial charge is 0.486 e. The Morgan fingerprint density at radius 3 is 2.62 bits per heavy atom. The van der Waals surface area contributed by atoms with E-state index in [2.05, 4.69) is 15.9 Å².